The number of aliphatic carboxylic acids is 1. The highest BCUT2D eigenvalue weighted by atomic mass is 32.2. The summed E-state index contributed by atoms with van der Waals surface area (Å²) < 4.78 is 4.51. The number of nitrogens with two attached hydrogens (primary N) is 1. The summed E-state index contributed by atoms with van der Waals surface area (Å²) in [6.45, 7) is 0. The number of carbonyl (C=O) groups is 3. The van der Waals surface area contributed by atoms with Crippen molar-refractivity contribution in [2.45, 2.75) is 17.8 Å². The van der Waals surface area contributed by atoms with Crippen molar-refractivity contribution in [2.24, 2.45) is 5.73 Å². The molecule has 0 aromatic carbocycles. The number of hydrogen-bond donors (Lipinski definition) is 2. The third kappa shape index (κ3) is 1.87. The van der Waals surface area contributed by atoms with Crippen LogP contribution in [0.2, 0.25) is 0 Å². The lowest BCUT2D eigenvalue weighted by Gasteiger charge is -2.47. The lowest BCUT2D eigenvalue weighted by atomic mass is 10.0. The average molecular weight is 272 g/mol. The van der Waals surface area contributed by atoms with Gasteiger partial charge in [-0.25, -0.2) is 4.79 Å². The zero-order valence-corrected chi connectivity index (χ0v) is 10.4. The van der Waals surface area contributed by atoms with Gasteiger partial charge >= 0.3 is 11.9 Å². The van der Waals surface area contributed by atoms with Gasteiger partial charge in [-0.05, 0) is 5.57 Å². The summed E-state index contributed by atoms with van der Waals surface area (Å²) in [6.07, 6.45) is -0.128. The van der Waals surface area contributed by atoms with Crippen LogP contribution in [0.3, 0.4) is 0 Å². The Balaban J connectivity index is 2.32. The molecule has 2 atom stereocenters. The van der Waals surface area contributed by atoms with Crippen molar-refractivity contribution in [1.29, 1.82) is 0 Å². The lowest BCUT2D eigenvalue weighted by molar-refractivity contribution is -0.148. The summed E-state index contributed by atoms with van der Waals surface area (Å²) in [5.74, 6) is -1.81. The predicted molar refractivity (Wildman–Crippen MR) is 62.4 cm³/mol. The van der Waals surface area contributed by atoms with Crippen LogP contribution in [0.1, 0.15) is 6.42 Å². The molecule has 2 heterocycles. The molecule has 2 aliphatic rings. The normalized spacial score (nSPS) is 26.6. The molecule has 0 bridgehead atoms. The van der Waals surface area contributed by atoms with Crippen molar-refractivity contribution in [3.63, 3.8) is 0 Å². The van der Waals surface area contributed by atoms with Crippen LogP contribution in [-0.4, -0.2) is 52.1 Å². The first-order chi connectivity index (χ1) is 8.47. The maximum absolute atomic E-state index is 11.6. The topological polar surface area (TPSA) is 110 Å². The van der Waals surface area contributed by atoms with E-state index in [-0.39, 0.29) is 17.5 Å². The molecule has 0 unspecified atom stereocenters. The maximum atomic E-state index is 11.6. The van der Waals surface area contributed by atoms with Crippen LogP contribution in [0.15, 0.2) is 11.3 Å². The molecule has 2 rings (SSSR count). The van der Waals surface area contributed by atoms with E-state index in [0.29, 0.717) is 11.3 Å². The number of carbonyl (C=O) groups excluding carboxylic acids is 2. The molecule has 0 radical (unpaired) electrons. The van der Waals surface area contributed by atoms with Gasteiger partial charge in [-0.1, -0.05) is 0 Å². The third-order valence-corrected chi connectivity index (χ3v) is 4.24. The fourth-order valence-electron chi connectivity index (χ4n) is 1.96. The minimum atomic E-state index is -1.22. The van der Waals surface area contributed by atoms with Gasteiger partial charge in [0.15, 0.2) is 0 Å². The summed E-state index contributed by atoms with van der Waals surface area (Å²) >= 11 is 1.36. The van der Waals surface area contributed by atoms with Crippen LogP contribution >= 0.6 is 11.8 Å². The summed E-state index contributed by atoms with van der Waals surface area (Å²) in [7, 11) is 1.23. The van der Waals surface area contributed by atoms with Crippen LogP contribution in [0.25, 0.3) is 0 Å². The van der Waals surface area contributed by atoms with Gasteiger partial charge in [-0.2, -0.15) is 0 Å². The number of thioether (sulfide) groups is 1. The summed E-state index contributed by atoms with van der Waals surface area (Å²) in [6, 6.07) is -0.663. The van der Waals surface area contributed by atoms with Crippen molar-refractivity contribution < 1.29 is 24.2 Å². The van der Waals surface area contributed by atoms with Gasteiger partial charge in [0.05, 0.1) is 13.5 Å². The number of esters is 1. The van der Waals surface area contributed by atoms with Crippen LogP contribution in [0.5, 0.6) is 0 Å². The van der Waals surface area contributed by atoms with Crippen molar-refractivity contribution >= 4 is 29.6 Å². The van der Waals surface area contributed by atoms with E-state index in [1.165, 1.54) is 18.9 Å². The summed E-state index contributed by atoms with van der Waals surface area (Å²) in [5, 5.41) is 8.82. The second kappa shape index (κ2) is 4.62. The van der Waals surface area contributed by atoms with Gasteiger partial charge in [0.2, 0.25) is 5.91 Å². The fraction of sp³-hybridized carbons (Fsp3) is 0.500. The minimum absolute atomic E-state index is 0.128. The molecule has 18 heavy (non-hydrogen) atoms. The van der Waals surface area contributed by atoms with Gasteiger partial charge in [-0.3, -0.25) is 14.5 Å². The quantitative estimate of drug-likeness (QED) is 0.507. The number of rotatable bonds is 3. The SMILES string of the molecule is COC(=O)CC1=C(C(=O)O)N2C(=O)[C@@H](N)[C@H]2SC1. The number of ether oxygens (including phenoxy) is 1. The molecule has 0 spiro atoms. The lowest BCUT2D eigenvalue weighted by Crippen LogP contribution is -2.68. The van der Waals surface area contributed by atoms with E-state index in [1.54, 1.807) is 0 Å². The number of amides is 1. The van der Waals surface area contributed by atoms with Gasteiger partial charge in [-0.15, -0.1) is 11.8 Å². The largest absolute Gasteiger partial charge is 0.477 e. The highest BCUT2D eigenvalue weighted by Crippen LogP contribution is 2.40. The molecular weight excluding hydrogens is 260 g/mol. The van der Waals surface area contributed by atoms with E-state index in [2.05, 4.69) is 4.74 Å². The number of carboxylic acids is 1. The van der Waals surface area contributed by atoms with Crippen molar-refractivity contribution in [2.75, 3.05) is 12.9 Å². The smallest absolute Gasteiger partial charge is 0.352 e. The van der Waals surface area contributed by atoms with E-state index in [9.17, 15) is 14.4 Å². The number of carboxylic acid groups (broad SMARTS) is 1. The monoisotopic (exact) mass is 272 g/mol. The Morgan fingerprint density at radius 1 is 1.61 bits per heavy atom. The highest BCUT2D eigenvalue weighted by molar-refractivity contribution is 8.00. The maximum Gasteiger partial charge on any atom is 0.352 e. The summed E-state index contributed by atoms with van der Waals surface area (Å²) in [5.41, 5.74) is 5.85. The first-order valence-electron chi connectivity index (χ1n) is 5.19. The second-order valence-electron chi connectivity index (χ2n) is 3.95. The molecule has 7 nitrogen and oxygen atoms in total. The average Bonchev–Trinajstić information content (AvgIpc) is 2.36. The predicted octanol–water partition coefficient (Wildman–Crippen LogP) is -0.869. The Labute approximate surface area is 107 Å². The van der Waals surface area contributed by atoms with Gasteiger partial charge in [0, 0.05) is 5.75 Å². The Bertz CT molecular complexity index is 461. The molecule has 0 aromatic heterocycles. The van der Waals surface area contributed by atoms with Gasteiger partial charge in [0.25, 0.3) is 0 Å². The molecule has 3 N–H and O–H groups in total. The first kappa shape index (κ1) is 12.9. The molecule has 1 saturated heterocycles. The Kier molecular flexibility index (Phi) is 3.31. The zero-order valence-electron chi connectivity index (χ0n) is 9.58. The molecule has 1 amide bonds. The minimum Gasteiger partial charge on any atom is -0.477 e. The van der Waals surface area contributed by atoms with Crippen molar-refractivity contribution in [1.82, 2.24) is 4.90 Å². The molecule has 98 valence electrons. The second-order valence-corrected chi connectivity index (χ2v) is 5.05. The Morgan fingerprint density at radius 2 is 2.28 bits per heavy atom. The van der Waals surface area contributed by atoms with Crippen LogP contribution in [0, 0.1) is 0 Å². The Hall–Kier alpha value is -1.54. The fourth-order valence-corrected chi connectivity index (χ4v) is 3.26. The molecule has 0 aliphatic carbocycles. The Morgan fingerprint density at radius 3 is 2.83 bits per heavy atom. The van der Waals surface area contributed by atoms with Crippen LogP contribution in [0.4, 0.5) is 0 Å². The zero-order chi connectivity index (χ0) is 13.4. The van der Waals surface area contributed by atoms with Gasteiger partial charge in [0.1, 0.15) is 17.1 Å². The molecule has 0 saturated carbocycles. The van der Waals surface area contributed by atoms with E-state index in [1.807, 2.05) is 0 Å². The number of β-lactam (4-membered cyclic amide) rings is 1. The molecular formula is C10H12N2O5S. The van der Waals surface area contributed by atoms with Crippen LogP contribution < -0.4 is 5.73 Å². The van der Waals surface area contributed by atoms with Gasteiger partial charge < -0.3 is 15.6 Å². The van der Waals surface area contributed by atoms with E-state index in [0.717, 1.165) is 4.90 Å². The van der Waals surface area contributed by atoms with Crippen LogP contribution in [-0.2, 0) is 19.1 Å². The van der Waals surface area contributed by atoms with Crippen molar-refractivity contribution in [3.8, 4) is 0 Å². The highest BCUT2D eigenvalue weighted by Gasteiger charge is 2.51. The standard InChI is InChI=1S/C10H12N2O5S/c1-17-5(13)2-4-3-18-9-6(11)8(14)12(9)7(4)10(15)16/h6,9H,2-3,11H2,1H3,(H,15,16)/t6-,9-/m1/s1. The number of nitrogens with zero attached hydrogens (tertiary/aromatic N) is 1. The molecule has 1 fully saturated rings. The molecule has 8 heteroatoms. The third-order valence-electron chi connectivity index (χ3n) is 2.88. The van der Waals surface area contributed by atoms with Crippen molar-refractivity contribution in [3.05, 3.63) is 11.3 Å². The number of fused-ring (bicyclic) bond motifs is 1. The number of hydrogen-bond acceptors (Lipinski definition) is 6. The summed E-state index contributed by atoms with van der Waals surface area (Å²) in [4.78, 5) is 35.2. The molecule has 0 aromatic rings. The number of methoxy groups -OCH3 is 1. The molecule has 2 aliphatic heterocycles. The van der Waals surface area contributed by atoms with E-state index >= 15 is 0 Å². The van der Waals surface area contributed by atoms with E-state index in [4.69, 9.17) is 10.8 Å². The first-order valence-corrected chi connectivity index (χ1v) is 6.24. The van der Waals surface area contributed by atoms with E-state index < -0.39 is 23.9 Å².